The first-order valence-electron chi connectivity index (χ1n) is 14.9. The van der Waals surface area contributed by atoms with Crippen molar-refractivity contribution in [2.75, 3.05) is 32.8 Å². The van der Waals surface area contributed by atoms with Gasteiger partial charge in [-0.15, -0.1) is 0 Å². The summed E-state index contributed by atoms with van der Waals surface area (Å²) >= 11 is 2.32. The number of rotatable bonds is 11. The lowest BCUT2D eigenvalue weighted by Gasteiger charge is -2.39. The summed E-state index contributed by atoms with van der Waals surface area (Å²) in [4.78, 5) is 2.44. The Morgan fingerprint density at radius 1 is 0.814 bits per heavy atom. The van der Waals surface area contributed by atoms with Crippen LogP contribution < -0.4 is 9.47 Å². The van der Waals surface area contributed by atoms with E-state index in [1.165, 1.54) is 12.8 Å². The maximum absolute atomic E-state index is 10.4. The fraction of sp³-hybridized carbons (Fsp3) is 0.412. The molecular weight excluding hydrogens is 661 g/mol. The van der Waals surface area contributed by atoms with Crippen LogP contribution >= 0.6 is 22.6 Å². The van der Waals surface area contributed by atoms with E-state index in [4.69, 9.17) is 14.2 Å². The molecule has 0 amide bonds. The molecule has 0 spiro atoms. The van der Waals surface area contributed by atoms with Crippen LogP contribution in [0.3, 0.4) is 0 Å². The van der Waals surface area contributed by atoms with E-state index in [-0.39, 0.29) is 0 Å². The summed E-state index contributed by atoms with van der Waals surface area (Å²) in [5.74, 6) is 1.28. The largest absolute Gasteiger partial charge is 0.492 e. The van der Waals surface area contributed by atoms with E-state index < -0.39 is 37.3 Å². The summed E-state index contributed by atoms with van der Waals surface area (Å²) in [6, 6.07) is 24.3. The van der Waals surface area contributed by atoms with Gasteiger partial charge in [0.25, 0.3) is 0 Å². The second-order valence-corrected chi connectivity index (χ2v) is 12.2. The average Bonchev–Trinajstić information content (AvgIpc) is 3.55. The number of hydrogen-bond acceptors (Lipinski definition) is 8. The third kappa shape index (κ3) is 7.78. The highest BCUT2D eigenvalue weighted by Gasteiger charge is 2.44. The van der Waals surface area contributed by atoms with E-state index >= 15 is 0 Å². The predicted molar refractivity (Wildman–Crippen MR) is 174 cm³/mol. The van der Waals surface area contributed by atoms with Crippen LogP contribution in [0.4, 0.5) is 0 Å². The third-order valence-electron chi connectivity index (χ3n) is 8.11. The van der Waals surface area contributed by atoms with E-state index in [0.29, 0.717) is 12.4 Å². The Balaban J connectivity index is 1.38. The molecule has 230 valence electrons. The van der Waals surface area contributed by atoms with Gasteiger partial charge in [-0.1, -0.05) is 43.3 Å². The van der Waals surface area contributed by atoms with E-state index in [0.717, 1.165) is 63.2 Å². The van der Waals surface area contributed by atoms with Crippen LogP contribution in [-0.2, 0) is 4.74 Å². The minimum Gasteiger partial charge on any atom is -0.492 e. The van der Waals surface area contributed by atoms with Crippen molar-refractivity contribution in [3.05, 3.63) is 93.1 Å². The van der Waals surface area contributed by atoms with Crippen molar-refractivity contribution in [2.24, 2.45) is 0 Å². The summed E-state index contributed by atoms with van der Waals surface area (Å²) in [7, 11) is 0. The fourth-order valence-electron chi connectivity index (χ4n) is 5.71. The predicted octanol–water partition coefficient (Wildman–Crippen LogP) is 4.31. The first-order chi connectivity index (χ1) is 20.9. The molecule has 8 nitrogen and oxygen atoms in total. The number of aliphatic hydroxyl groups excluding tert-OH is 4. The Morgan fingerprint density at radius 2 is 1.40 bits per heavy atom. The Morgan fingerprint density at radius 3 is 2.00 bits per heavy atom. The highest BCUT2D eigenvalue weighted by Crippen LogP contribution is 2.36. The number of ether oxygens (including phenoxy) is 3. The zero-order valence-corrected chi connectivity index (χ0v) is 26.5. The van der Waals surface area contributed by atoms with Gasteiger partial charge in [0.2, 0.25) is 6.29 Å². The van der Waals surface area contributed by atoms with E-state index in [1.807, 2.05) is 24.3 Å². The van der Waals surface area contributed by atoms with E-state index in [1.54, 1.807) is 12.1 Å². The molecule has 3 aromatic rings. The normalized spacial score (nSPS) is 24.9. The van der Waals surface area contributed by atoms with Crippen molar-refractivity contribution < 1.29 is 34.6 Å². The maximum atomic E-state index is 10.4. The van der Waals surface area contributed by atoms with Crippen molar-refractivity contribution >= 4 is 33.7 Å². The van der Waals surface area contributed by atoms with Crippen molar-refractivity contribution in [3.8, 4) is 11.5 Å². The summed E-state index contributed by atoms with van der Waals surface area (Å²) in [5, 5.41) is 40.0. The third-order valence-corrected chi connectivity index (χ3v) is 8.83. The molecule has 5 atom stereocenters. The molecule has 3 aromatic carbocycles. The van der Waals surface area contributed by atoms with Gasteiger partial charge in [0.15, 0.2) is 0 Å². The number of nitrogens with zero attached hydrogens (tertiary/aromatic N) is 1. The highest BCUT2D eigenvalue weighted by atomic mass is 127. The number of allylic oxidation sites excluding steroid dienone is 1. The standard InChI is InChI=1S/C34H40INO7/c1-2-28(22-7-15-27(16-8-22)42-34-33(40)32(39)31(38)29(21-37)43-34)30(23-5-11-25(35)12-6-23)24-9-13-26(14-10-24)41-20-19-36-17-3-4-18-36/h5-16,29,31-34,37-40H,2-4,17-21H2,1H3/b30-28+/t29-,31-,32+,33-,34-/m1/s1. The van der Waals surface area contributed by atoms with Crippen LogP contribution in [-0.4, -0.2) is 88.9 Å². The number of benzene rings is 3. The lowest BCUT2D eigenvalue weighted by atomic mass is 9.88. The van der Waals surface area contributed by atoms with Gasteiger partial charge >= 0.3 is 0 Å². The Labute approximate surface area is 266 Å². The molecule has 9 heteroatoms. The molecule has 0 bridgehead atoms. The first kappa shape index (κ1) is 31.9. The molecule has 2 fully saturated rings. The molecular formula is C34H40INO7. The Bertz CT molecular complexity index is 1340. The molecule has 0 aliphatic carbocycles. The SMILES string of the molecule is CC/C(=C(/c1ccc(I)cc1)c1ccc(OCCN2CCCC2)cc1)c1ccc(O[C@@H]2O[C@H](CO)[C@@H](O)[C@H](O)[C@H]2O)cc1. The van der Waals surface area contributed by atoms with Gasteiger partial charge in [-0.25, -0.2) is 0 Å². The van der Waals surface area contributed by atoms with Crippen molar-refractivity contribution in [2.45, 2.75) is 56.9 Å². The lowest BCUT2D eigenvalue weighted by Crippen LogP contribution is -2.60. The number of aliphatic hydroxyl groups is 4. The van der Waals surface area contributed by atoms with Crippen LogP contribution in [0.25, 0.3) is 11.1 Å². The molecule has 2 aliphatic heterocycles. The van der Waals surface area contributed by atoms with Crippen molar-refractivity contribution in [1.82, 2.24) is 4.90 Å². The summed E-state index contributed by atoms with van der Waals surface area (Å²) in [6.07, 6.45) is -3.34. The first-order valence-corrected chi connectivity index (χ1v) is 16.0. The van der Waals surface area contributed by atoms with Gasteiger partial charge in [-0.3, -0.25) is 4.90 Å². The Hall–Kier alpha value is -2.51. The fourth-order valence-corrected chi connectivity index (χ4v) is 6.07. The molecule has 0 aromatic heterocycles. The summed E-state index contributed by atoms with van der Waals surface area (Å²) in [6.45, 7) is 5.57. The zero-order valence-electron chi connectivity index (χ0n) is 24.3. The molecule has 4 N–H and O–H groups in total. The van der Waals surface area contributed by atoms with Crippen molar-refractivity contribution in [1.29, 1.82) is 0 Å². The molecule has 0 saturated carbocycles. The van der Waals surface area contributed by atoms with Gasteiger partial charge in [-0.05, 0) is 119 Å². The van der Waals surface area contributed by atoms with Gasteiger partial charge < -0.3 is 34.6 Å². The van der Waals surface area contributed by atoms with Crippen LogP contribution in [0.15, 0.2) is 72.8 Å². The molecule has 5 rings (SSSR count). The lowest BCUT2D eigenvalue weighted by molar-refractivity contribution is -0.277. The van der Waals surface area contributed by atoms with E-state index in [9.17, 15) is 20.4 Å². The molecule has 0 unspecified atom stereocenters. The number of likely N-dealkylation sites (tertiary alicyclic amines) is 1. The van der Waals surface area contributed by atoms with Gasteiger partial charge in [0.05, 0.1) is 6.61 Å². The summed E-state index contributed by atoms with van der Waals surface area (Å²) < 4.78 is 18.5. The van der Waals surface area contributed by atoms with Gasteiger partial charge in [-0.2, -0.15) is 0 Å². The Kier molecular flexibility index (Phi) is 11.1. The topological polar surface area (TPSA) is 112 Å². The van der Waals surface area contributed by atoms with Crippen LogP contribution in [0.5, 0.6) is 11.5 Å². The number of halogens is 1. The molecule has 2 saturated heterocycles. The minimum absolute atomic E-state index is 0.426. The van der Waals surface area contributed by atoms with Gasteiger partial charge in [0, 0.05) is 10.1 Å². The minimum atomic E-state index is -1.50. The van der Waals surface area contributed by atoms with Crippen LogP contribution in [0, 0.1) is 3.57 Å². The van der Waals surface area contributed by atoms with Crippen molar-refractivity contribution in [3.63, 3.8) is 0 Å². The molecule has 0 radical (unpaired) electrons. The number of hydrogen-bond donors (Lipinski definition) is 4. The van der Waals surface area contributed by atoms with Crippen LogP contribution in [0.1, 0.15) is 42.9 Å². The average molecular weight is 702 g/mol. The van der Waals surface area contributed by atoms with Gasteiger partial charge in [0.1, 0.15) is 42.5 Å². The second-order valence-electron chi connectivity index (χ2n) is 11.0. The summed E-state index contributed by atoms with van der Waals surface area (Å²) in [5.41, 5.74) is 5.50. The quantitative estimate of drug-likeness (QED) is 0.173. The molecule has 2 heterocycles. The molecule has 43 heavy (non-hydrogen) atoms. The monoisotopic (exact) mass is 701 g/mol. The zero-order chi connectivity index (χ0) is 30.3. The maximum Gasteiger partial charge on any atom is 0.229 e. The highest BCUT2D eigenvalue weighted by molar-refractivity contribution is 14.1. The smallest absolute Gasteiger partial charge is 0.229 e. The second kappa shape index (κ2) is 15.0. The van der Waals surface area contributed by atoms with E-state index in [2.05, 4.69) is 70.8 Å². The molecule has 2 aliphatic rings. The van der Waals surface area contributed by atoms with Crippen LogP contribution in [0.2, 0.25) is 0 Å².